The number of fused-ring (bicyclic) bond motifs is 1. The number of rotatable bonds is 4. The Morgan fingerprint density at radius 1 is 1.20 bits per heavy atom. The molecule has 0 N–H and O–H groups in total. The fourth-order valence-corrected chi connectivity index (χ4v) is 3.31. The summed E-state index contributed by atoms with van der Waals surface area (Å²) in [6.07, 6.45) is 4.55. The zero-order valence-corrected chi connectivity index (χ0v) is 16.4. The van der Waals surface area contributed by atoms with Gasteiger partial charge in [0, 0.05) is 26.2 Å². The van der Waals surface area contributed by atoms with Gasteiger partial charge in [-0.05, 0) is 30.3 Å². The maximum absolute atomic E-state index is 12.7. The van der Waals surface area contributed by atoms with Crippen molar-refractivity contribution in [1.82, 2.24) is 14.9 Å². The minimum Gasteiger partial charge on any atom is -0.482 e. The Balaban J connectivity index is 1.46. The van der Waals surface area contributed by atoms with E-state index in [1.807, 2.05) is 0 Å². The number of hydrogen-bond acceptors (Lipinski definition) is 7. The van der Waals surface area contributed by atoms with Crippen LogP contribution < -0.4 is 9.64 Å². The largest absolute Gasteiger partial charge is 0.482 e. The summed E-state index contributed by atoms with van der Waals surface area (Å²) >= 11 is 0. The highest BCUT2D eigenvalue weighted by atomic mass is 16.5. The monoisotopic (exact) mass is 408 g/mol. The molecule has 0 saturated carbocycles. The molecular weight excluding hydrogens is 388 g/mol. The molecule has 9 nitrogen and oxygen atoms in total. The van der Waals surface area contributed by atoms with Gasteiger partial charge in [-0.1, -0.05) is 0 Å². The Bertz CT molecular complexity index is 1010. The number of nitrogens with zero attached hydrogens (tertiary/aromatic N) is 4. The molecule has 0 aromatic carbocycles. The van der Waals surface area contributed by atoms with E-state index in [1.54, 1.807) is 29.2 Å². The molecular formula is C21H20N4O5. The number of morpholine rings is 1. The molecule has 154 valence electrons. The molecule has 2 aromatic rings. The van der Waals surface area contributed by atoms with Crippen LogP contribution in [0.4, 0.5) is 5.82 Å². The van der Waals surface area contributed by atoms with Crippen LogP contribution in [-0.4, -0.2) is 65.4 Å². The van der Waals surface area contributed by atoms with E-state index in [2.05, 4.69) is 9.97 Å². The van der Waals surface area contributed by atoms with Gasteiger partial charge in [0.1, 0.15) is 11.4 Å². The molecule has 0 spiro atoms. The third-order valence-corrected chi connectivity index (χ3v) is 4.80. The third kappa shape index (κ3) is 3.92. The van der Waals surface area contributed by atoms with Gasteiger partial charge in [-0.25, -0.2) is 4.98 Å². The van der Waals surface area contributed by atoms with E-state index in [0.29, 0.717) is 49.1 Å². The summed E-state index contributed by atoms with van der Waals surface area (Å²) in [5, 5.41) is 0. The number of allylic oxidation sites excluding steroid dienone is 1. The first kappa shape index (κ1) is 19.7. The molecule has 9 heteroatoms. The highest BCUT2D eigenvalue weighted by Gasteiger charge is 2.35. The fourth-order valence-electron chi connectivity index (χ4n) is 3.31. The predicted molar refractivity (Wildman–Crippen MR) is 107 cm³/mol. The van der Waals surface area contributed by atoms with Gasteiger partial charge in [-0.2, -0.15) is 0 Å². The van der Waals surface area contributed by atoms with E-state index in [0.717, 1.165) is 0 Å². The Morgan fingerprint density at radius 2 is 2.00 bits per heavy atom. The smallest absolute Gasteiger partial charge is 0.260 e. The lowest BCUT2D eigenvalue weighted by atomic mass is 10.1. The molecule has 2 aliphatic rings. The number of amides is 2. The van der Waals surface area contributed by atoms with Crippen molar-refractivity contribution < 1.29 is 23.9 Å². The summed E-state index contributed by atoms with van der Waals surface area (Å²) in [5.74, 6) is 0.0521. The molecule has 1 fully saturated rings. The minimum absolute atomic E-state index is 0.0836. The predicted octanol–water partition coefficient (Wildman–Crippen LogP) is 1.30. The van der Waals surface area contributed by atoms with Gasteiger partial charge in [0.25, 0.3) is 5.91 Å². The van der Waals surface area contributed by atoms with Crippen LogP contribution in [0.25, 0.3) is 6.08 Å². The minimum atomic E-state index is -0.311. The number of ketones is 1. The number of hydrogen-bond donors (Lipinski definition) is 0. The van der Waals surface area contributed by atoms with Gasteiger partial charge in [0.05, 0.1) is 30.7 Å². The van der Waals surface area contributed by atoms with Gasteiger partial charge in [0.2, 0.25) is 11.7 Å². The van der Waals surface area contributed by atoms with Crippen LogP contribution in [0.15, 0.2) is 42.4 Å². The first-order valence-electron chi connectivity index (χ1n) is 9.51. The zero-order chi connectivity index (χ0) is 21.1. The van der Waals surface area contributed by atoms with Crippen molar-refractivity contribution in [2.24, 2.45) is 0 Å². The van der Waals surface area contributed by atoms with Crippen LogP contribution in [0.2, 0.25) is 0 Å². The van der Waals surface area contributed by atoms with Gasteiger partial charge in [-0.3, -0.25) is 24.3 Å². The van der Waals surface area contributed by atoms with Crippen LogP contribution in [0.1, 0.15) is 23.0 Å². The Morgan fingerprint density at radius 3 is 2.70 bits per heavy atom. The molecule has 30 heavy (non-hydrogen) atoms. The first-order chi connectivity index (χ1) is 14.5. The number of anilines is 1. The second-order valence-corrected chi connectivity index (χ2v) is 6.79. The molecule has 0 aliphatic carbocycles. The molecule has 0 unspecified atom stereocenters. The average Bonchev–Trinajstić information content (AvgIpc) is 3.05. The quantitative estimate of drug-likeness (QED) is 0.703. The summed E-state index contributed by atoms with van der Waals surface area (Å²) in [4.78, 5) is 48.4. The Hall–Kier alpha value is -3.59. The topological polar surface area (TPSA) is 102 Å². The van der Waals surface area contributed by atoms with Gasteiger partial charge >= 0.3 is 0 Å². The SMILES string of the molecule is CC(=O)N1C(=Cc2ccc(OCC(=O)N3CCOCC3)cn2)C(=O)c2cccnc21. The standard InChI is InChI=1S/C21H20N4O5/c1-14(26)25-18(20(28)17-3-2-6-22-21(17)25)11-15-4-5-16(12-23-15)30-13-19(27)24-7-9-29-10-8-24/h2-6,11-12H,7-10,13H2,1H3. The summed E-state index contributed by atoms with van der Waals surface area (Å²) in [6.45, 7) is 3.48. The Labute approximate surface area is 172 Å². The number of carbonyl (C=O) groups is 3. The van der Waals surface area contributed by atoms with E-state index >= 15 is 0 Å². The number of Topliss-reactive ketones (excluding diaryl/α,β-unsaturated/α-hetero) is 1. The lowest BCUT2D eigenvalue weighted by Gasteiger charge is -2.26. The second-order valence-electron chi connectivity index (χ2n) is 6.79. The molecule has 0 atom stereocenters. The van der Waals surface area contributed by atoms with Crippen molar-refractivity contribution in [1.29, 1.82) is 0 Å². The molecule has 4 heterocycles. The van der Waals surface area contributed by atoms with Crippen molar-refractivity contribution in [3.05, 3.63) is 53.6 Å². The summed E-state index contributed by atoms with van der Waals surface area (Å²) in [5.41, 5.74) is 1.05. The lowest BCUT2D eigenvalue weighted by Crippen LogP contribution is -2.42. The van der Waals surface area contributed by atoms with Crippen LogP contribution in [0.3, 0.4) is 0 Å². The van der Waals surface area contributed by atoms with Crippen LogP contribution in [-0.2, 0) is 14.3 Å². The van der Waals surface area contributed by atoms with E-state index in [9.17, 15) is 14.4 Å². The van der Waals surface area contributed by atoms with Crippen LogP contribution >= 0.6 is 0 Å². The second kappa shape index (κ2) is 8.42. The van der Waals surface area contributed by atoms with Crippen LogP contribution in [0.5, 0.6) is 5.75 Å². The normalized spacial score (nSPS) is 17.2. The highest BCUT2D eigenvalue weighted by Crippen LogP contribution is 2.33. The van der Waals surface area contributed by atoms with E-state index in [4.69, 9.17) is 9.47 Å². The Kier molecular flexibility index (Phi) is 5.53. The molecule has 2 aliphatic heterocycles. The summed E-state index contributed by atoms with van der Waals surface area (Å²) in [6, 6.07) is 6.61. The lowest BCUT2D eigenvalue weighted by molar-refractivity contribution is -0.137. The molecule has 0 radical (unpaired) electrons. The van der Waals surface area contributed by atoms with E-state index in [-0.39, 0.29) is 29.9 Å². The van der Waals surface area contributed by atoms with Crippen molar-refractivity contribution in [3.63, 3.8) is 0 Å². The average molecular weight is 408 g/mol. The van der Waals surface area contributed by atoms with Crippen molar-refractivity contribution in [3.8, 4) is 5.75 Å². The number of pyridine rings is 2. The summed E-state index contributed by atoms with van der Waals surface area (Å²) in [7, 11) is 0. The maximum atomic E-state index is 12.7. The highest BCUT2D eigenvalue weighted by molar-refractivity contribution is 6.25. The molecule has 4 rings (SSSR count). The molecule has 1 saturated heterocycles. The van der Waals surface area contributed by atoms with Crippen molar-refractivity contribution in [2.45, 2.75) is 6.92 Å². The molecule has 2 aromatic heterocycles. The van der Waals surface area contributed by atoms with Gasteiger partial charge in [0.15, 0.2) is 12.4 Å². The number of carbonyl (C=O) groups excluding carboxylic acids is 3. The van der Waals surface area contributed by atoms with Gasteiger partial charge in [-0.15, -0.1) is 0 Å². The third-order valence-electron chi connectivity index (χ3n) is 4.80. The van der Waals surface area contributed by atoms with Gasteiger partial charge < -0.3 is 14.4 Å². The number of aromatic nitrogens is 2. The van der Waals surface area contributed by atoms with Crippen LogP contribution in [0, 0.1) is 0 Å². The number of ether oxygens (including phenoxy) is 2. The van der Waals surface area contributed by atoms with Crippen molar-refractivity contribution in [2.75, 3.05) is 37.8 Å². The van der Waals surface area contributed by atoms with E-state index in [1.165, 1.54) is 30.3 Å². The fraction of sp³-hybridized carbons (Fsp3) is 0.286. The zero-order valence-electron chi connectivity index (χ0n) is 16.4. The summed E-state index contributed by atoms with van der Waals surface area (Å²) < 4.78 is 10.7. The maximum Gasteiger partial charge on any atom is 0.260 e. The first-order valence-corrected chi connectivity index (χ1v) is 9.51. The molecule has 0 bridgehead atoms. The van der Waals surface area contributed by atoms with Crippen molar-refractivity contribution >= 4 is 29.5 Å². The van der Waals surface area contributed by atoms with E-state index < -0.39 is 0 Å². The molecule has 2 amide bonds.